The van der Waals surface area contributed by atoms with E-state index < -0.39 is 9.73 Å². The van der Waals surface area contributed by atoms with Crippen molar-refractivity contribution in [2.75, 3.05) is 23.4 Å². The third-order valence-electron chi connectivity index (χ3n) is 7.30. The lowest BCUT2D eigenvalue weighted by atomic mass is 10.0. The van der Waals surface area contributed by atoms with Gasteiger partial charge in [0.1, 0.15) is 29.8 Å². The summed E-state index contributed by atoms with van der Waals surface area (Å²) in [5.41, 5.74) is 2.96. The number of aryl methyl sites for hydroxylation is 1. The van der Waals surface area contributed by atoms with Gasteiger partial charge >= 0.3 is 0 Å². The van der Waals surface area contributed by atoms with Gasteiger partial charge in [0.05, 0.1) is 39.3 Å². The summed E-state index contributed by atoms with van der Waals surface area (Å²) in [5, 5.41) is 4.18. The van der Waals surface area contributed by atoms with E-state index in [1.54, 1.807) is 6.07 Å². The number of aromatic nitrogens is 2. The van der Waals surface area contributed by atoms with Crippen LogP contribution in [0.3, 0.4) is 0 Å². The minimum atomic E-state index is -2.17. The van der Waals surface area contributed by atoms with Gasteiger partial charge in [-0.3, -0.25) is 0 Å². The highest BCUT2D eigenvalue weighted by Crippen LogP contribution is 2.40. The van der Waals surface area contributed by atoms with Crippen molar-refractivity contribution < 1.29 is 18.1 Å². The lowest BCUT2D eigenvalue weighted by Crippen LogP contribution is -2.26. The Morgan fingerprint density at radius 2 is 2.00 bits per heavy atom. The molecule has 0 amide bonds. The highest BCUT2D eigenvalue weighted by molar-refractivity contribution is 7.93. The summed E-state index contributed by atoms with van der Waals surface area (Å²) in [6.45, 7) is 2.49. The third-order valence-corrected chi connectivity index (χ3v) is 9.70. The summed E-state index contributed by atoms with van der Waals surface area (Å²) in [4.78, 5) is 8.92. The van der Waals surface area contributed by atoms with E-state index in [1.807, 2.05) is 19.1 Å². The van der Waals surface area contributed by atoms with E-state index in [2.05, 4.69) is 19.6 Å². The molecule has 35 heavy (non-hydrogen) atoms. The van der Waals surface area contributed by atoms with E-state index >= 15 is 0 Å². The molecule has 7 nitrogen and oxygen atoms in total. The number of fused-ring (bicyclic) bond motifs is 2. The lowest BCUT2D eigenvalue weighted by Gasteiger charge is -2.21. The normalized spacial score (nSPS) is 25.0. The van der Waals surface area contributed by atoms with Crippen LogP contribution in [0.4, 0.5) is 21.6 Å². The lowest BCUT2D eigenvalue weighted by molar-refractivity contribution is 0.0917. The molecule has 0 unspecified atom stereocenters. The predicted octanol–water partition coefficient (Wildman–Crippen LogP) is 5.66. The van der Waals surface area contributed by atoms with Crippen molar-refractivity contribution in [1.29, 1.82) is 0 Å². The molecule has 3 atom stereocenters. The average molecular weight is 497 g/mol. The molecule has 6 rings (SSSR count). The molecule has 9 heteroatoms. The Morgan fingerprint density at radius 3 is 2.86 bits per heavy atom. The largest absolute Gasteiger partial charge is 0.485 e. The van der Waals surface area contributed by atoms with Gasteiger partial charge in [0, 0.05) is 28.9 Å². The van der Waals surface area contributed by atoms with E-state index in [-0.39, 0.29) is 18.0 Å². The average Bonchev–Trinajstić information content (AvgIpc) is 3.54. The summed E-state index contributed by atoms with van der Waals surface area (Å²) in [6.07, 6.45) is 6.84. The standard InChI is InChI=1S/C26H29FN4O3S/c1-16-11-18(31-35(32)9-2-3-10-35)13-21-25(16)26(29-15-28-21)30-20-8-7-17(27)12-23(20)34-24-14-33-22-6-4-5-19(22)24/h7-8,11-13,15,19,22,24H,2-6,9-10,14H2,1H3,(H,28,29,30)/t19-,22+,24+/m0/s1. The smallest absolute Gasteiger partial charge is 0.146 e. The van der Waals surface area contributed by atoms with E-state index in [4.69, 9.17) is 9.47 Å². The number of ether oxygens (including phenoxy) is 2. The van der Waals surface area contributed by atoms with Gasteiger partial charge in [-0.25, -0.2) is 18.6 Å². The molecule has 1 aliphatic carbocycles. The van der Waals surface area contributed by atoms with Crippen molar-refractivity contribution >= 4 is 37.8 Å². The van der Waals surface area contributed by atoms with Crippen molar-refractivity contribution in [1.82, 2.24) is 9.97 Å². The second-order valence-electron chi connectivity index (χ2n) is 9.75. The van der Waals surface area contributed by atoms with Gasteiger partial charge in [0.15, 0.2) is 0 Å². The van der Waals surface area contributed by atoms with Crippen LogP contribution in [0.1, 0.15) is 37.7 Å². The van der Waals surface area contributed by atoms with Crippen LogP contribution in [0.15, 0.2) is 41.0 Å². The molecule has 1 aromatic heterocycles. The first kappa shape index (κ1) is 22.7. The molecule has 3 aliphatic rings. The van der Waals surface area contributed by atoms with Crippen LogP contribution in [0.25, 0.3) is 10.9 Å². The maximum absolute atomic E-state index is 14.2. The maximum Gasteiger partial charge on any atom is 0.146 e. The van der Waals surface area contributed by atoms with E-state index in [1.165, 1.54) is 18.5 Å². The molecule has 184 valence electrons. The Balaban J connectivity index is 1.33. The minimum Gasteiger partial charge on any atom is -0.485 e. The molecule has 3 heterocycles. The molecule has 1 N–H and O–H groups in total. The summed E-state index contributed by atoms with van der Waals surface area (Å²) in [5.74, 6) is 2.34. The Morgan fingerprint density at radius 1 is 1.14 bits per heavy atom. The van der Waals surface area contributed by atoms with E-state index in [9.17, 15) is 8.60 Å². The molecule has 3 aromatic rings. The molecule has 2 aliphatic heterocycles. The van der Waals surface area contributed by atoms with Crippen molar-refractivity contribution in [2.45, 2.75) is 51.2 Å². The Bertz CT molecular complexity index is 1390. The van der Waals surface area contributed by atoms with Crippen LogP contribution in [0.2, 0.25) is 0 Å². The van der Waals surface area contributed by atoms with Crippen LogP contribution in [-0.4, -0.2) is 44.5 Å². The number of nitrogens with zero attached hydrogens (tertiary/aromatic N) is 3. The number of anilines is 2. The van der Waals surface area contributed by atoms with Gasteiger partial charge in [0.25, 0.3) is 0 Å². The van der Waals surface area contributed by atoms with Crippen molar-refractivity contribution in [3.05, 3.63) is 48.0 Å². The second-order valence-corrected chi connectivity index (χ2v) is 12.3. The highest BCUT2D eigenvalue weighted by Gasteiger charge is 2.42. The van der Waals surface area contributed by atoms with E-state index in [0.717, 1.165) is 43.1 Å². The second kappa shape index (κ2) is 9.02. The first-order valence-corrected chi connectivity index (χ1v) is 14.2. The van der Waals surface area contributed by atoms with Crippen LogP contribution in [0.5, 0.6) is 5.75 Å². The number of benzene rings is 2. The first-order chi connectivity index (χ1) is 17.0. The fraction of sp³-hybridized carbons (Fsp3) is 0.462. The van der Waals surface area contributed by atoms with Crippen molar-refractivity contribution in [3.8, 4) is 5.75 Å². The fourth-order valence-electron chi connectivity index (χ4n) is 5.60. The predicted molar refractivity (Wildman–Crippen MR) is 135 cm³/mol. The molecular formula is C26H29FN4O3S. The summed E-state index contributed by atoms with van der Waals surface area (Å²) >= 11 is 0. The first-order valence-electron chi connectivity index (χ1n) is 12.3. The number of hydrogen-bond donors (Lipinski definition) is 1. The molecule has 2 saturated heterocycles. The van der Waals surface area contributed by atoms with Gasteiger partial charge in [-0.2, -0.15) is 4.36 Å². The molecule has 0 bridgehead atoms. The quantitative estimate of drug-likeness (QED) is 0.491. The van der Waals surface area contributed by atoms with Crippen LogP contribution >= 0.6 is 0 Å². The third kappa shape index (κ3) is 4.47. The molecule has 1 saturated carbocycles. The Labute approximate surface area is 204 Å². The van der Waals surface area contributed by atoms with Gasteiger partial charge in [0.2, 0.25) is 0 Å². The fourth-order valence-corrected chi connectivity index (χ4v) is 7.79. The number of nitrogens with one attached hydrogen (secondary N) is 1. The topological polar surface area (TPSA) is 85.7 Å². The Kier molecular flexibility index (Phi) is 5.84. The van der Waals surface area contributed by atoms with Gasteiger partial charge in [-0.1, -0.05) is 6.42 Å². The minimum absolute atomic E-state index is 0.0876. The van der Waals surface area contributed by atoms with Gasteiger partial charge < -0.3 is 14.8 Å². The zero-order valence-corrected chi connectivity index (χ0v) is 20.5. The molecule has 0 radical (unpaired) electrons. The Hall–Kier alpha value is -2.78. The molecule has 0 spiro atoms. The summed E-state index contributed by atoms with van der Waals surface area (Å²) in [7, 11) is -2.17. The maximum atomic E-state index is 14.2. The zero-order chi connectivity index (χ0) is 24.0. The van der Waals surface area contributed by atoms with Crippen LogP contribution < -0.4 is 10.1 Å². The number of hydrogen-bond acceptors (Lipinski definition) is 7. The molecule has 3 fully saturated rings. The highest BCUT2D eigenvalue weighted by atomic mass is 32.2. The zero-order valence-electron chi connectivity index (χ0n) is 19.7. The van der Waals surface area contributed by atoms with Gasteiger partial charge in [-0.15, -0.1) is 0 Å². The monoisotopic (exact) mass is 496 g/mol. The number of rotatable bonds is 5. The van der Waals surface area contributed by atoms with Crippen molar-refractivity contribution in [2.24, 2.45) is 10.3 Å². The van der Waals surface area contributed by atoms with Crippen LogP contribution in [0, 0.1) is 18.7 Å². The number of halogens is 1. The van der Waals surface area contributed by atoms with Gasteiger partial charge in [-0.05, 0) is 62.4 Å². The SMILES string of the molecule is Cc1cc(N=S2(=O)CCCC2)cc2ncnc(Nc3ccc(F)cc3O[C@@H]3CO[C@@H]4CCC[C@@H]43)c12. The van der Waals surface area contributed by atoms with Crippen molar-refractivity contribution in [3.63, 3.8) is 0 Å². The van der Waals surface area contributed by atoms with Crippen LogP contribution in [-0.2, 0) is 14.5 Å². The van der Waals surface area contributed by atoms with E-state index in [0.29, 0.717) is 52.5 Å². The summed E-state index contributed by atoms with van der Waals surface area (Å²) < 4.78 is 43.9. The summed E-state index contributed by atoms with van der Waals surface area (Å²) in [6, 6.07) is 8.28. The molecule has 2 aromatic carbocycles. The molecular weight excluding hydrogens is 467 g/mol.